The van der Waals surface area contributed by atoms with Crippen LogP contribution in [0.3, 0.4) is 0 Å². The summed E-state index contributed by atoms with van der Waals surface area (Å²) in [4.78, 5) is 2.39. The third kappa shape index (κ3) is 4.72. The lowest BCUT2D eigenvalue weighted by Crippen LogP contribution is -2.23. The molecule has 0 radical (unpaired) electrons. The van der Waals surface area contributed by atoms with Crippen LogP contribution < -0.4 is 4.90 Å². The molecule has 0 unspecified atom stereocenters. The topological polar surface area (TPSA) is 16.4 Å². The Balaban J connectivity index is 1.23. The second-order valence-corrected chi connectivity index (χ2v) is 13.8. The molecule has 0 aliphatic heterocycles. The molecule has 0 atom stereocenters. The first-order valence-corrected chi connectivity index (χ1v) is 17.9. The average Bonchev–Trinajstić information content (AvgIpc) is 3.72. The summed E-state index contributed by atoms with van der Waals surface area (Å²) in [7, 11) is 0. The standard InChI is InChI=1S/C50H35NO/c1-50(45-21-11-8-18-41(45)42-19-9-12-22-46(42)50)47-33-40(32-44-43-20-10-13-23-48(43)52-49(44)47)51(38-28-24-36(25-29-38)34-14-4-2-5-15-34)39-30-26-37(27-31-39)35-16-6-3-7-17-35/h2-33H,1H3. The largest absolute Gasteiger partial charge is 0.456 e. The summed E-state index contributed by atoms with van der Waals surface area (Å²) < 4.78 is 6.85. The molecular formula is C50H35NO. The fraction of sp³-hybridized carbons (Fsp3) is 0.0400. The number of furan rings is 1. The Kier molecular flexibility index (Phi) is 6.97. The maximum absolute atomic E-state index is 6.85. The molecule has 10 rings (SSSR count). The Hall–Kier alpha value is -6.64. The molecular weight excluding hydrogens is 631 g/mol. The zero-order valence-electron chi connectivity index (χ0n) is 28.8. The summed E-state index contributed by atoms with van der Waals surface area (Å²) in [6, 6.07) is 69.9. The molecule has 1 aromatic heterocycles. The van der Waals surface area contributed by atoms with Gasteiger partial charge in [0.15, 0.2) is 0 Å². The van der Waals surface area contributed by atoms with E-state index in [1.807, 2.05) is 0 Å². The van der Waals surface area contributed by atoms with Gasteiger partial charge in [-0.2, -0.15) is 0 Å². The molecule has 0 fully saturated rings. The Morgan fingerprint density at radius 3 is 1.40 bits per heavy atom. The summed E-state index contributed by atoms with van der Waals surface area (Å²) in [5.74, 6) is 0. The first kappa shape index (κ1) is 30.2. The lowest BCUT2D eigenvalue weighted by molar-refractivity contribution is 0.638. The second-order valence-electron chi connectivity index (χ2n) is 13.8. The third-order valence-corrected chi connectivity index (χ3v) is 10.9. The summed E-state index contributed by atoms with van der Waals surface area (Å²) in [5, 5.41) is 2.22. The lowest BCUT2D eigenvalue weighted by atomic mass is 9.73. The van der Waals surface area contributed by atoms with Crippen molar-refractivity contribution in [3.8, 4) is 33.4 Å². The van der Waals surface area contributed by atoms with Gasteiger partial charge in [0, 0.05) is 38.8 Å². The van der Waals surface area contributed by atoms with Gasteiger partial charge in [-0.1, -0.05) is 152 Å². The van der Waals surface area contributed by atoms with Gasteiger partial charge in [0.05, 0.1) is 0 Å². The lowest BCUT2D eigenvalue weighted by Gasteiger charge is -2.31. The molecule has 0 N–H and O–H groups in total. The number of nitrogens with zero attached hydrogens (tertiary/aromatic N) is 1. The number of hydrogen-bond donors (Lipinski definition) is 0. The highest BCUT2D eigenvalue weighted by Gasteiger charge is 2.43. The molecule has 1 aliphatic carbocycles. The van der Waals surface area contributed by atoms with E-state index in [0.717, 1.165) is 44.6 Å². The normalized spacial score (nSPS) is 12.9. The van der Waals surface area contributed by atoms with Crippen molar-refractivity contribution in [2.45, 2.75) is 12.3 Å². The average molecular weight is 666 g/mol. The summed E-state index contributed by atoms with van der Waals surface area (Å²) >= 11 is 0. The van der Waals surface area contributed by atoms with Gasteiger partial charge in [-0.15, -0.1) is 0 Å². The Morgan fingerprint density at radius 1 is 0.385 bits per heavy atom. The molecule has 52 heavy (non-hydrogen) atoms. The zero-order valence-corrected chi connectivity index (χ0v) is 28.8. The van der Waals surface area contributed by atoms with Crippen LogP contribution in [-0.4, -0.2) is 0 Å². The highest BCUT2D eigenvalue weighted by molar-refractivity contribution is 6.09. The van der Waals surface area contributed by atoms with E-state index < -0.39 is 5.41 Å². The molecule has 2 heteroatoms. The van der Waals surface area contributed by atoms with E-state index in [1.54, 1.807) is 0 Å². The van der Waals surface area contributed by atoms with Crippen LogP contribution in [0.5, 0.6) is 0 Å². The first-order valence-electron chi connectivity index (χ1n) is 17.9. The van der Waals surface area contributed by atoms with Gasteiger partial charge in [0.1, 0.15) is 11.2 Å². The summed E-state index contributed by atoms with van der Waals surface area (Å²) in [5.41, 5.74) is 15.7. The Bertz CT molecular complexity index is 2600. The first-order chi connectivity index (χ1) is 25.7. The van der Waals surface area contributed by atoms with E-state index in [4.69, 9.17) is 4.42 Å². The molecule has 8 aromatic carbocycles. The maximum Gasteiger partial charge on any atom is 0.140 e. The van der Waals surface area contributed by atoms with E-state index in [0.29, 0.717) is 0 Å². The number of para-hydroxylation sites is 1. The van der Waals surface area contributed by atoms with E-state index >= 15 is 0 Å². The van der Waals surface area contributed by atoms with Crippen LogP contribution in [0.1, 0.15) is 23.6 Å². The van der Waals surface area contributed by atoms with Gasteiger partial charge in [-0.05, 0) is 93.9 Å². The zero-order chi connectivity index (χ0) is 34.6. The van der Waals surface area contributed by atoms with Gasteiger partial charge in [0.2, 0.25) is 0 Å². The molecule has 1 heterocycles. The molecule has 9 aromatic rings. The SMILES string of the molecule is CC1(c2cc(N(c3ccc(-c4ccccc4)cc3)c3ccc(-c4ccccc4)cc3)cc3c2oc2ccccc23)c2ccccc2-c2ccccc21. The van der Waals surface area contributed by atoms with Crippen LogP contribution >= 0.6 is 0 Å². The smallest absolute Gasteiger partial charge is 0.140 e. The number of hydrogen-bond acceptors (Lipinski definition) is 2. The third-order valence-electron chi connectivity index (χ3n) is 10.9. The fourth-order valence-electron chi connectivity index (χ4n) is 8.37. The van der Waals surface area contributed by atoms with Crippen molar-refractivity contribution in [1.82, 2.24) is 0 Å². The van der Waals surface area contributed by atoms with Gasteiger partial charge >= 0.3 is 0 Å². The molecule has 0 amide bonds. The van der Waals surface area contributed by atoms with Crippen molar-refractivity contribution in [1.29, 1.82) is 0 Å². The van der Waals surface area contributed by atoms with E-state index in [2.05, 4.69) is 206 Å². The number of rotatable bonds is 6. The van der Waals surface area contributed by atoms with Crippen molar-refractivity contribution in [3.05, 3.63) is 211 Å². The minimum absolute atomic E-state index is 0.449. The predicted octanol–water partition coefficient (Wildman–Crippen LogP) is 13.7. The van der Waals surface area contributed by atoms with Crippen molar-refractivity contribution >= 4 is 39.0 Å². The quantitative estimate of drug-likeness (QED) is 0.176. The Labute approximate surface area is 303 Å². The van der Waals surface area contributed by atoms with Crippen LogP contribution in [0, 0.1) is 0 Å². The molecule has 1 aliphatic rings. The fourth-order valence-corrected chi connectivity index (χ4v) is 8.37. The summed E-state index contributed by atoms with van der Waals surface area (Å²) in [6.45, 7) is 2.37. The molecule has 0 saturated heterocycles. The monoisotopic (exact) mass is 665 g/mol. The van der Waals surface area contributed by atoms with Crippen LogP contribution in [0.2, 0.25) is 0 Å². The number of fused-ring (bicyclic) bond motifs is 6. The van der Waals surface area contributed by atoms with Crippen LogP contribution in [0.4, 0.5) is 17.1 Å². The Morgan fingerprint density at radius 2 is 0.846 bits per heavy atom. The van der Waals surface area contributed by atoms with Gasteiger partial charge in [-0.3, -0.25) is 0 Å². The van der Waals surface area contributed by atoms with Crippen molar-refractivity contribution in [2.24, 2.45) is 0 Å². The van der Waals surface area contributed by atoms with Gasteiger partial charge in [-0.25, -0.2) is 0 Å². The molecule has 246 valence electrons. The highest BCUT2D eigenvalue weighted by Crippen LogP contribution is 2.55. The predicted molar refractivity (Wildman–Crippen MR) is 217 cm³/mol. The van der Waals surface area contributed by atoms with E-state index in [9.17, 15) is 0 Å². The van der Waals surface area contributed by atoms with E-state index in [-0.39, 0.29) is 0 Å². The van der Waals surface area contributed by atoms with Gasteiger partial charge < -0.3 is 9.32 Å². The minimum atomic E-state index is -0.449. The molecule has 0 spiro atoms. The minimum Gasteiger partial charge on any atom is -0.456 e. The summed E-state index contributed by atoms with van der Waals surface area (Å²) in [6.07, 6.45) is 0. The molecule has 0 bridgehead atoms. The number of benzene rings is 8. The van der Waals surface area contributed by atoms with Crippen molar-refractivity contribution < 1.29 is 4.42 Å². The molecule has 2 nitrogen and oxygen atoms in total. The number of anilines is 3. The van der Waals surface area contributed by atoms with Crippen LogP contribution in [0.25, 0.3) is 55.3 Å². The van der Waals surface area contributed by atoms with Crippen molar-refractivity contribution in [3.63, 3.8) is 0 Å². The molecule has 0 saturated carbocycles. The van der Waals surface area contributed by atoms with Gasteiger partial charge in [0.25, 0.3) is 0 Å². The van der Waals surface area contributed by atoms with Crippen LogP contribution in [0.15, 0.2) is 199 Å². The van der Waals surface area contributed by atoms with Crippen molar-refractivity contribution in [2.75, 3.05) is 4.90 Å². The second kappa shape index (κ2) is 12.0. The highest BCUT2D eigenvalue weighted by atomic mass is 16.3. The maximum atomic E-state index is 6.85. The van der Waals surface area contributed by atoms with Crippen LogP contribution in [-0.2, 0) is 5.41 Å². The van der Waals surface area contributed by atoms with E-state index in [1.165, 1.54) is 44.5 Å².